The minimum Gasteiger partial charge on any atom is -0.370 e. The van der Waals surface area contributed by atoms with Gasteiger partial charge in [-0.25, -0.2) is 13.4 Å². The Morgan fingerprint density at radius 2 is 2.12 bits per heavy atom. The fraction of sp³-hybridized carbons (Fsp3) is 0.500. The van der Waals surface area contributed by atoms with Crippen LogP contribution in [0.5, 0.6) is 0 Å². The number of aromatic nitrogens is 1. The summed E-state index contributed by atoms with van der Waals surface area (Å²) >= 11 is 0. The summed E-state index contributed by atoms with van der Waals surface area (Å²) in [7, 11) is -3.22. The smallest absolute Gasteiger partial charge is 0.229 e. The van der Waals surface area contributed by atoms with Gasteiger partial charge in [0, 0.05) is 6.54 Å². The van der Waals surface area contributed by atoms with Crippen LogP contribution < -0.4 is 10.0 Å². The van der Waals surface area contributed by atoms with Crippen molar-refractivity contribution >= 4 is 21.5 Å². The Balaban J connectivity index is 2.54. The van der Waals surface area contributed by atoms with Crippen molar-refractivity contribution in [1.29, 1.82) is 0 Å². The van der Waals surface area contributed by atoms with Crippen LogP contribution in [0.25, 0.3) is 0 Å². The van der Waals surface area contributed by atoms with Gasteiger partial charge in [0.05, 0.1) is 18.1 Å². The van der Waals surface area contributed by atoms with E-state index in [0.717, 1.165) is 31.5 Å². The highest BCUT2D eigenvalue weighted by Crippen LogP contribution is 2.10. The Bertz CT molecular complexity index is 414. The van der Waals surface area contributed by atoms with E-state index in [1.807, 2.05) is 0 Å². The first-order chi connectivity index (χ1) is 7.51. The zero-order valence-corrected chi connectivity index (χ0v) is 10.3. The van der Waals surface area contributed by atoms with E-state index in [9.17, 15) is 8.42 Å². The number of rotatable bonds is 6. The number of hydrogen-bond acceptors (Lipinski definition) is 4. The highest BCUT2D eigenvalue weighted by Gasteiger charge is 2.01. The van der Waals surface area contributed by atoms with E-state index in [1.54, 1.807) is 12.1 Å². The Hall–Kier alpha value is -1.30. The summed E-state index contributed by atoms with van der Waals surface area (Å²) in [5.41, 5.74) is 0.476. The Labute approximate surface area is 96.3 Å². The molecule has 0 spiro atoms. The molecule has 6 heteroatoms. The number of unbranched alkanes of at least 4 members (excludes halogenated alkanes) is 1. The van der Waals surface area contributed by atoms with Gasteiger partial charge in [0.1, 0.15) is 5.82 Å². The fourth-order valence-corrected chi connectivity index (χ4v) is 1.72. The lowest BCUT2D eigenvalue weighted by atomic mass is 10.3. The summed E-state index contributed by atoms with van der Waals surface area (Å²) in [5, 5.41) is 3.15. The second-order valence-corrected chi connectivity index (χ2v) is 5.34. The third kappa shape index (κ3) is 4.97. The monoisotopic (exact) mass is 243 g/mol. The van der Waals surface area contributed by atoms with Crippen LogP contribution in [0.3, 0.4) is 0 Å². The van der Waals surface area contributed by atoms with Crippen LogP contribution in [0.1, 0.15) is 19.8 Å². The molecule has 0 saturated heterocycles. The van der Waals surface area contributed by atoms with Gasteiger partial charge in [-0.1, -0.05) is 13.3 Å². The number of sulfonamides is 1. The third-order valence-corrected chi connectivity index (χ3v) is 2.51. The predicted molar refractivity (Wildman–Crippen MR) is 66.1 cm³/mol. The molecule has 0 unspecified atom stereocenters. The van der Waals surface area contributed by atoms with Gasteiger partial charge < -0.3 is 5.32 Å². The maximum atomic E-state index is 10.9. The first-order valence-electron chi connectivity index (χ1n) is 5.19. The molecule has 1 aromatic heterocycles. The van der Waals surface area contributed by atoms with Crippen LogP contribution in [-0.2, 0) is 10.0 Å². The van der Waals surface area contributed by atoms with Gasteiger partial charge in [0.15, 0.2) is 0 Å². The summed E-state index contributed by atoms with van der Waals surface area (Å²) in [5.74, 6) is 0.757. The molecule has 1 aromatic rings. The Morgan fingerprint density at radius 3 is 2.62 bits per heavy atom. The lowest BCUT2D eigenvalue weighted by Crippen LogP contribution is -2.10. The van der Waals surface area contributed by atoms with Crippen LogP contribution in [0, 0.1) is 0 Å². The van der Waals surface area contributed by atoms with Crippen molar-refractivity contribution in [3.8, 4) is 0 Å². The van der Waals surface area contributed by atoms with Gasteiger partial charge in [-0.15, -0.1) is 0 Å². The molecule has 0 saturated carbocycles. The first kappa shape index (κ1) is 12.8. The van der Waals surface area contributed by atoms with Crippen LogP contribution in [-0.4, -0.2) is 26.2 Å². The number of nitrogens with one attached hydrogen (secondary N) is 2. The summed E-state index contributed by atoms with van der Waals surface area (Å²) in [4.78, 5) is 4.10. The van der Waals surface area contributed by atoms with Gasteiger partial charge >= 0.3 is 0 Å². The molecule has 0 aliphatic heterocycles. The SMILES string of the molecule is CCCCNc1ccc(NS(C)(=O)=O)cn1. The van der Waals surface area contributed by atoms with E-state index >= 15 is 0 Å². The molecule has 0 atom stereocenters. The van der Waals surface area contributed by atoms with Crippen molar-refractivity contribution in [3.05, 3.63) is 18.3 Å². The number of anilines is 2. The van der Waals surface area contributed by atoms with E-state index in [0.29, 0.717) is 5.69 Å². The van der Waals surface area contributed by atoms with Crippen molar-refractivity contribution < 1.29 is 8.42 Å². The zero-order chi connectivity index (χ0) is 12.0. The van der Waals surface area contributed by atoms with Crippen LogP contribution in [0.4, 0.5) is 11.5 Å². The minimum atomic E-state index is -3.22. The van der Waals surface area contributed by atoms with E-state index in [1.165, 1.54) is 6.20 Å². The molecule has 1 rings (SSSR count). The van der Waals surface area contributed by atoms with Gasteiger partial charge in [-0.05, 0) is 18.6 Å². The van der Waals surface area contributed by atoms with Gasteiger partial charge in [-0.2, -0.15) is 0 Å². The molecule has 2 N–H and O–H groups in total. The largest absolute Gasteiger partial charge is 0.370 e. The van der Waals surface area contributed by atoms with E-state index in [-0.39, 0.29) is 0 Å². The predicted octanol–water partition coefficient (Wildman–Crippen LogP) is 1.67. The average Bonchev–Trinajstić information content (AvgIpc) is 2.19. The average molecular weight is 243 g/mol. The molecule has 0 radical (unpaired) electrons. The molecule has 90 valence electrons. The number of nitrogens with zero attached hydrogens (tertiary/aromatic N) is 1. The maximum absolute atomic E-state index is 10.9. The van der Waals surface area contributed by atoms with Gasteiger partial charge in [-0.3, -0.25) is 4.72 Å². The normalized spacial score (nSPS) is 11.1. The molecule has 16 heavy (non-hydrogen) atoms. The number of pyridine rings is 1. The van der Waals surface area contributed by atoms with Crippen LogP contribution >= 0.6 is 0 Å². The summed E-state index contributed by atoms with van der Waals surface area (Å²) < 4.78 is 24.2. The van der Waals surface area contributed by atoms with Gasteiger partial charge in [0.2, 0.25) is 10.0 Å². The summed E-state index contributed by atoms with van der Waals surface area (Å²) in [6, 6.07) is 3.44. The molecule has 0 aliphatic carbocycles. The lowest BCUT2D eigenvalue weighted by molar-refractivity contribution is 0.607. The van der Waals surface area contributed by atoms with Crippen LogP contribution in [0.15, 0.2) is 18.3 Å². The maximum Gasteiger partial charge on any atom is 0.229 e. The van der Waals surface area contributed by atoms with E-state index in [4.69, 9.17) is 0 Å². The van der Waals surface area contributed by atoms with Crippen molar-refractivity contribution in [2.75, 3.05) is 22.8 Å². The topological polar surface area (TPSA) is 71.1 Å². The quantitative estimate of drug-likeness (QED) is 0.745. The van der Waals surface area contributed by atoms with Crippen molar-refractivity contribution in [2.24, 2.45) is 0 Å². The highest BCUT2D eigenvalue weighted by molar-refractivity contribution is 7.92. The summed E-state index contributed by atoms with van der Waals surface area (Å²) in [6.45, 7) is 3.00. The lowest BCUT2D eigenvalue weighted by Gasteiger charge is -2.06. The van der Waals surface area contributed by atoms with Crippen LogP contribution in [0.2, 0.25) is 0 Å². The van der Waals surface area contributed by atoms with Crippen molar-refractivity contribution in [2.45, 2.75) is 19.8 Å². The number of hydrogen-bond donors (Lipinski definition) is 2. The molecule has 0 aliphatic rings. The zero-order valence-electron chi connectivity index (χ0n) is 9.53. The molecular weight excluding hydrogens is 226 g/mol. The Kier molecular flexibility index (Phi) is 4.54. The van der Waals surface area contributed by atoms with E-state index < -0.39 is 10.0 Å². The second kappa shape index (κ2) is 5.69. The van der Waals surface area contributed by atoms with Crippen molar-refractivity contribution in [3.63, 3.8) is 0 Å². The standard InChI is InChI=1S/C10H17N3O2S/c1-3-4-7-11-10-6-5-9(8-12-10)13-16(2,14)15/h5-6,8,13H,3-4,7H2,1-2H3,(H,11,12). The summed E-state index contributed by atoms with van der Waals surface area (Å²) in [6.07, 6.45) is 4.82. The minimum absolute atomic E-state index is 0.476. The fourth-order valence-electron chi connectivity index (χ4n) is 1.17. The molecular formula is C10H17N3O2S. The molecule has 5 nitrogen and oxygen atoms in total. The third-order valence-electron chi connectivity index (χ3n) is 1.90. The molecule has 1 heterocycles. The first-order valence-corrected chi connectivity index (χ1v) is 7.08. The molecule has 0 bridgehead atoms. The second-order valence-electron chi connectivity index (χ2n) is 3.59. The van der Waals surface area contributed by atoms with Gasteiger partial charge in [0.25, 0.3) is 0 Å². The molecule has 0 amide bonds. The van der Waals surface area contributed by atoms with Crippen molar-refractivity contribution in [1.82, 2.24) is 4.98 Å². The Morgan fingerprint density at radius 1 is 1.38 bits per heavy atom. The molecule has 0 aromatic carbocycles. The highest BCUT2D eigenvalue weighted by atomic mass is 32.2. The van der Waals surface area contributed by atoms with E-state index in [2.05, 4.69) is 21.9 Å². The molecule has 0 fully saturated rings.